The molecule has 1 aliphatic heterocycles. The zero-order chi connectivity index (χ0) is 22.1. The van der Waals surface area contributed by atoms with Crippen LogP contribution in [-0.4, -0.2) is 24.2 Å². The number of hydrogen-bond donors (Lipinski definition) is 0. The SMILES string of the molecule is Cc1cc(C(=O)COc2ccc(N3C(=O)[C@@H]4[C@@H]5C=C[C@@H]([C@H]6C[C@@H]56)[C@@H]4C3=O)cc2)ccc1Cl. The number of imide groups is 1. The average Bonchev–Trinajstić information content (AvgIpc) is 3.58. The molecule has 1 heterocycles. The summed E-state index contributed by atoms with van der Waals surface area (Å²) in [4.78, 5) is 40.2. The van der Waals surface area contributed by atoms with Crippen LogP contribution in [0.5, 0.6) is 5.75 Å². The van der Waals surface area contributed by atoms with E-state index in [4.69, 9.17) is 16.3 Å². The largest absolute Gasteiger partial charge is 0.485 e. The fraction of sp³-hybridized carbons (Fsp3) is 0.346. The fourth-order valence-corrected chi connectivity index (χ4v) is 6.07. The Labute approximate surface area is 191 Å². The molecule has 2 saturated carbocycles. The molecule has 2 aromatic carbocycles. The Morgan fingerprint density at radius 3 is 2.22 bits per heavy atom. The number of benzene rings is 2. The first-order valence-electron chi connectivity index (χ1n) is 11.0. The fourth-order valence-electron chi connectivity index (χ4n) is 5.95. The zero-order valence-electron chi connectivity index (χ0n) is 17.5. The number of allylic oxidation sites excluding steroid dienone is 2. The van der Waals surface area contributed by atoms with Crippen molar-refractivity contribution in [2.24, 2.45) is 35.5 Å². The van der Waals surface area contributed by atoms with Gasteiger partial charge in [-0.1, -0.05) is 23.8 Å². The molecule has 6 heteroatoms. The van der Waals surface area contributed by atoms with E-state index in [2.05, 4.69) is 12.2 Å². The number of Topliss-reactive ketones (excluding diaryl/α,β-unsaturated/α-hetero) is 1. The quantitative estimate of drug-likeness (QED) is 0.385. The predicted molar refractivity (Wildman–Crippen MR) is 120 cm³/mol. The summed E-state index contributed by atoms with van der Waals surface area (Å²) in [5, 5.41) is 0.615. The van der Waals surface area contributed by atoms with Crippen LogP contribution >= 0.6 is 11.6 Å². The molecular formula is C26H22ClNO4. The number of aryl methyl sites for hydroxylation is 1. The van der Waals surface area contributed by atoms with Gasteiger partial charge >= 0.3 is 0 Å². The maximum Gasteiger partial charge on any atom is 0.238 e. The van der Waals surface area contributed by atoms with Crippen LogP contribution in [0.25, 0.3) is 0 Å². The summed E-state index contributed by atoms with van der Waals surface area (Å²) in [5.74, 6) is 1.37. The van der Waals surface area contributed by atoms with Gasteiger partial charge in [0.25, 0.3) is 0 Å². The number of ketones is 1. The highest BCUT2D eigenvalue weighted by Crippen LogP contribution is 2.65. The van der Waals surface area contributed by atoms with Gasteiger partial charge in [0.15, 0.2) is 12.4 Å². The van der Waals surface area contributed by atoms with Gasteiger partial charge < -0.3 is 4.74 Å². The maximum atomic E-state index is 13.2. The van der Waals surface area contributed by atoms with E-state index in [0.717, 1.165) is 12.0 Å². The lowest BCUT2D eigenvalue weighted by molar-refractivity contribution is -0.124. The van der Waals surface area contributed by atoms with Crippen molar-refractivity contribution in [3.05, 3.63) is 70.8 Å². The van der Waals surface area contributed by atoms with Crippen molar-refractivity contribution in [3.8, 4) is 5.75 Å². The molecule has 1 saturated heterocycles. The topological polar surface area (TPSA) is 63.7 Å². The second kappa shape index (κ2) is 7.04. The number of anilines is 1. The lowest BCUT2D eigenvalue weighted by atomic mass is 9.63. The molecule has 4 aliphatic carbocycles. The highest BCUT2D eigenvalue weighted by atomic mass is 35.5. The first-order valence-corrected chi connectivity index (χ1v) is 11.4. The molecule has 0 aromatic heterocycles. The second-order valence-electron chi connectivity index (χ2n) is 9.34. The number of rotatable bonds is 5. The summed E-state index contributed by atoms with van der Waals surface area (Å²) in [6.07, 6.45) is 5.49. The summed E-state index contributed by atoms with van der Waals surface area (Å²) in [5.41, 5.74) is 1.94. The van der Waals surface area contributed by atoms with Crippen molar-refractivity contribution in [3.63, 3.8) is 0 Å². The lowest BCUT2D eigenvalue weighted by Crippen LogP contribution is -2.40. The monoisotopic (exact) mass is 447 g/mol. The third kappa shape index (κ3) is 2.87. The summed E-state index contributed by atoms with van der Waals surface area (Å²) in [7, 11) is 0. The molecule has 7 rings (SSSR count). The van der Waals surface area contributed by atoms with Crippen LogP contribution in [0.3, 0.4) is 0 Å². The van der Waals surface area contributed by atoms with Crippen LogP contribution < -0.4 is 9.64 Å². The van der Waals surface area contributed by atoms with Crippen molar-refractivity contribution in [2.45, 2.75) is 13.3 Å². The third-order valence-electron chi connectivity index (χ3n) is 7.61. The second-order valence-corrected chi connectivity index (χ2v) is 9.74. The Morgan fingerprint density at radius 2 is 1.62 bits per heavy atom. The Balaban J connectivity index is 1.15. The number of nitrogens with zero attached hydrogens (tertiary/aromatic N) is 1. The van der Waals surface area contributed by atoms with E-state index in [-0.39, 0.29) is 47.9 Å². The van der Waals surface area contributed by atoms with Crippen LogP contribution in [0.4, 0.5) is 5.69 Å². The summed E-state index contributed by atoms with van der Waals surface area (Å²) < 4.78 is 5.64. The van der Waals surface area contributed by atoms with E-state index in [0.29, 0.717) is 33.9 Å². The molecule has 162 valence electrons. The minimum absolute atomic E-state index is 0.0772. The molecule has 3 fully saturated rings. The number of ether oxygens (including phenoxy) is 1. The van der Waals surface area contributed by atoms with E-state index < -0.39 is 0 Å². The molecule has 5 nitrogen and oxygen atoms in total. The minimum atomic E-state index is -0.211. The molecule has 32 heavy (non-hydrogen) atoms. The number of hydrogen-bond acceptors (Lipinski definition) is 4. The zero-order valence-corrected chi connectivity index (χ0v) is 18.3. The van der Waals surface area contributed by atoms with Crippen LogP contribution in [0.15, 0.2) is 54.6 Å². The van der Waals surface area contributed by atoms with E-state index in [1.807, 2.05) is 6.92 Å². The van der Waals surface area contributed by atoms with Gasteiger partial charge in [0.05, 0.1) is 17.5 Å². The standard InChI is InChI=1S/C26H22ClNO4/c1-13-10-14(2-9-21(13)27)22(29)12-32-16-5-3-15(4-6-16)28-25(30)23-17-7-8-18(20-11-19(17)20)24(23)26(28)31/h2-10,17-20,23-24H,11-12H2,1H3/t17-,18+,19+,20-,23-,24+. The maximum absolute atomic E-state index is 13.2. The number of amides is 2. The molecule has 5 aliphatic rings. The van der Waals surface area contributed by atoms with Crippen molar-refractivity contribution in [2.75, 3.05) is 11.5 Å². The average molecular weight is 448 g/mol. The van der Waals surface area contributed by atoms with Crippen LogP contribution in [0, 0.1) is 42.4 Å². The van der Waals surface area contributed by atoms with Gasteiger partial charge in [0.1, 0.15) is 5.75 Å². The van der Waals surface area contributed by atoms with Gasteiger partial charge in [0, 0.05) is 10.6 Å². The molecule has 2 amide bonds. The van der Waals surface area contributed by atoms with Gasteiger partial charge in [-0.15, -0.1) is 0 Å². The van der Waals surface area contributed by atoms with Gasteiger partial charge in [0.2, 0.25) is 11.8 Å². The highest BCUT2D eigenvalue weighted by molar-refractivity contribution is 6.31. The van der Waals surface area contributed by atoms with Gasteiger partial charge in [-0.25, -0.2) is 0 Å². The van der Waals surface area contributed by atoms with E-state index in [9.17, 15) is 14.4 Å². The smallest absolute Gasteiger partial charge is 0.238 e. The molecule has 2 aromatic rings. The van der Waals surface area contributed by atoms with Gasteiger partial charge in [-0.2, -0.15) is 0 Å². The number of carbonyl (C=O) groups is 3. The lowest BCUT2D eigenvalue weighted by Gasteiger charge is -2.37. The number of halogens is 1. The molecule has 0 unspecified atom stereocenters. The molecule has 0 radical (unpaired) electrons. The molecule has 2 bridgehead atoms. The van der Waals surface area contributed by atoms with Crippen LogP contribution in [0.1, 0.15) is 22.3 Å². The van der Waals surface area contributed by atoms with Crippen molar-refractivity contribution in [1.82, 2.24) is 0 Å². The van der Waals surface area contributed by atoms with E-state index in [1.54, 1.807) is 42.5 Å². The van der Waals surface area contributed by atoms with Crippen molar-refractivity contribution in [1.29, 1.82) is 0 Å². The Kier molecular flexibility index (Phi) is 4.34. The van der Waals surface area contributed by atoms with Gasteiger partial charge in [-0.05, 0) is 85.0 Å². The molecule has 0 spiro atoms. The molecular weight excluding hydrogens is 426 g/mol. The van der Waals surface area contributed by atoms with Gasteiger partial charge in [-0.3, -0.25) is 19.3 Å². The molecule has 6 atom stereocenters. The minimum Gasteiger partial charge on any atom is -0.485 e. The van der Waals surface area contributed by atoms with Crippen LogP contribution in [-0.2, 0) is 9.59 Å². The Hall–Kier alpha value is -2.92. The number of carbonyl (C=O) groups excluding carboxylic acids is 3. The van der Waals surface area contributed by atoms with E-state index in [1.165, 1.54) is 4.90 Å². The van der Waals surface area contributed by atoms with Crippen LogP contribution in [0.2, 0.25) is 5.02 Å². The molecule has 0 N–H and O–H groups in total. The highest BCUT2D eigenvalue weighted by Gasteiger charge is 2.67. The Morgan fingerprint density at radius 1 is 1.00 bits per heavy atom. The Bertz CT molecular complexity index is 1150. The van der Waals surface area contributed by atoms with Crippen molar-refractivity contribution >= 4 is 34.9 Å². The summed E-state index contributed by atoms with van der Waals surface area (Å²) in [6.45, 7) is 1.74. The predicted octanol–water partition coefficient (Wildman–Crippen LogP) is 4.47. The normalized spacial score (nSPS) is 31.5. The summed E-state index contributed by atoms with van der Waals surface area (Å²) >= 11 is 6.02. The first kappa shape index (κ1) is 19.7. The van der Waals surface area contributed by atoms with Crippen molar-refractivity contribution < 1.29 is 19.1 Å². The third-order valence-corrected chi connectivity index (χ3v) is 8.03. The summed E-state index contributed by atoms with van der Waals surface area (Å²) in [6, 6.07) is 12.0. The van der Waals surface area contributed by atoms with E-state index >= 15 is 0 Å². The first-order chi connectivity index (χ1) is 15.4.